The monoisotopic (exact) mass is 308 g/mol. The van der Waals surface area contributed by atoms with Gasteiger partial charge in [-0.1, -0.05) is 12.1 Å². The minimum Gasteiger partial charge on any atom is -0.379 e. The summed E-state index contributed by atoms with van der Waals surface area (Å²) in [6, 6.07) is 8.30. The third-order valence-corrected chi connectivity index (χ3v) is 4.59. The van der Waals surface area contributed by atoms with Gasteiger partial charge in [0.25, 0.3) is 0 Å². The van der Waals surface area contributed by atoms with E-state index in [9.17, 15) is 4.79 Å². The lowest BCUT2D eigenvalue weighted by molar-refractivity contribution is -0.117. The Hall–Kier alpha value is -1.10. The third kappa shape index (κ3) is 3.57. The number of hydrogen-bond donors (Lipinski definition) is 0. The molecule has 1 unspecified atom stereocenters. The van der Waals surface area contributed by atoms with E-state index in [0.29, 0.717) is 12.3 Å². The van der Waals surface area contributed by atoms with E-state index in [2.05, 4.69) is 17.0 Å². The van der Waals surface area contributed by atoms with Crippen LogP contribution in [0.3, 0.4) is 0 Å². The van der Waals surface area contributed by atoms with Crippen LogP contribution in [-0.4, -0.2) is 49.5 Å². The largest absolute Gasteiger partial charge is 0.379 e. The number of alkyl halides is 1. The molecule has 0 spiro atoms. The molecule has 1 atom stereocenters. The zero-order valence-corrected chi connectivity index (χ0v) is 12.9. The quantitative estimate of drug-likeness (QED) is 0.799. The van der Waals surface area contributed by atoms with Gasteiger partial charge in [-0.05, 0) is 23.6 Å². The van der Waals surface area contributed by atoms with Gasteiger partial charge in [0, 0.05) is 44.2 Å². The Balaban J connectivity index is 1.69. The summed E-state index contributed by atoms with van der Waals surface area (Å²) in [6.45, 7) is 5.22. The van der Waals surface area contributed by atoms with Crippen molar-refractivity contribution < 1.29 is 9.53 Å². The van der Waals surface area contributed by atoms with Gasteiger partial charge < -0.3 is 9.64 Å². The van der Waals surface area contributed by atoms with Crippen LogP contribution in [0.1, 0.15) is 12.0 Å². The maximum absolute atomic E-state index is 12.1. The van der Waals surface area contributed by atoms with Crippen molar-refractivity contribution in [2.75, 3.05) is 43.6 Å². The Morgan fingerprint density at radius 2 is 2.10 bits per heavy atom. The molecule has 114 valence electrons. The van der Waals surface area contributed by atoms with Crippen LogP contribution in [0, 0.1) is 5.92 Å². The van der Waals surface area contributed by atoms with Gasteiger partial charge in [-0.25, -0.2) is 0 Å². The van der Waals surface area contributed by atoms with Crippen molar-refractivity contribution in [2.45, 2.75) is 13.0 Å². The van der Waals surface area contributed by atoms with Crippen LogP contribution < -0.4 is 4.90 Å². The molecule has 2 heterocycles. The Bertz CT molecular complexity index is 503. The number of ether oxygens (including phenoxy) is 1. The Morgan fingerprint density at radius 1 is 1.29 bits per heavy atom. The van der Waals surface area contributed by atoms with Gasteiger partial charge in [-0.15, -0.1) is 11.6 Å². The predicted molar refractivity (Wildman–Crippen MR) is 83.7 cm³/mol. The van der Waals surface area contributed by atoms with E-state index >= 15 is 0 Å². The molecule has 0 aliphatic carbocycles. The molecule has 4 nitrogen and oxygen atoms in total. The average Bonchev–Trinajstić information content (AvgIpc) is 2.90. The van der Waals surface area contributed by atoms with E-state index in [4.69, 9.17) is 16.3 Å². The minimum absolute atomic E-state index is 0.184. The van der Waals surface area contributed by atoms with Crippen molar-refractivity contribution in [3.8, 4) is 0 Å². The van der Waals surface area contributed by atoms with Crippen LogP contribution in [0.25, 0.3) is 0 Å². The lowest BCUT2D eigenvalue weighted by atomic mass is 10.1. The number of benzene rings is 1. The van der Waals surface area contributed by atoms with E-state index in [1.807, 2.05) is 17.0 Å². The van der Waals surface area contributed by atoms with Gasteiger partial charge in [0.15, 0.2) is 0 Å². The standard InChI is InChI=1S/C16H21ClN2O2/c17-10-14-9-16(20)19(12-14)15-3-1-2-13(8-15)11-18-4-6-21-7-5-18/h1-3,8,14H,4-7,9-12H2. The first kappa shape index (κ1) is 14.8. The lowest BCUT2D eigenvalue weighted by Gasteiger charge is -2.27. The zero-order valence-electron chi connectivity index (χ0n) is 12.1. The third-order valence-electron chi connectivity index (χ3n) is 4.16. The van der Waals surface area contributed by atoms with Crippen LogP contribution in [0.5, 0.6) is 0 Å². The summed E-state index contributed by atoms with van der Waals surface area (Å²) in [5.74, 6) is 1.02. The molecule has 0 radical (unpaired) electrons. The van der Waals surface area contributed by atoms with Crippen molar-refractivity contribution in [1.29, 1.82) is 0 Å². The van der Waals surface area contributed by atoms with Gasteiger partial charge >= 0.3 is 0 Å². The van der Waals surface area contributed by atoms with Crippen molar-refractivity contribution in [2.24, 2.45) is 5.92 Å². The fourth-order valence-electron chi connectivity index (χ4n) is 2.97. The van der Waals surface area contributed by atoms with Crippen molar-refractivity contribution in [3.05, 3.63) is 29.8 Å². The summed E-state index contributed by atoms with van der Waals surface area (Å²) in [7, 11) is 0. The molecule has 2 aliphatic rings. The Kier molecular flexibility index (Phi) is 4.78. The second-order valence-corrected chi connectivity index (χ2v) is 6.10. The second-order valence-electron chi connectivity index (χ2n) is 5.79. The van der Waals surface area contributed by atoms with Gasteiger partial charge in [-0.3, -0.25) is 9.69 Å². The number of halogens is 1. The number of carbonyl (C=O) groups excluding carboxylic acids is 1. The first-order chi connectivity index (χ1) is 10.3. The molecule has 2 fully saturated rings. The number of anilines is 1. The van der Waals surface area contributed by atoms with Crippen molar-refractivity contribution in [1.82, 2.24) is 4.90 Å². The Morgan fingerprint density at radius 3 is 2.81 bits per heavy atom. The van der Waals surface area contributed by atoms with E-state index in [1.165, 1.54) is 5.56 Å². The molecule has 1 aromatic rings. The first-order valence-corrected chi connectivity index (χ1v) is 8.05. The number of amides is 1. The maximum Gasteiger partial charge on any atom is 0.227 e. The first-order valence-electron chi connectivity index (χ1n) is 7.51. The van der Waals surface area contributed by atoms with Crippen LogP contribution in [0.15, 0.2) is 24.3 Å². The van der Waals surface area contributed by atoms with Gasteiger partial charge in [-0.2, -0.15) is 0 Å². The normalized spacial score (nSPS) is 23.8. The number of morpholine rings is 1. The predicted octanol–water partition coefficient (Wildman–Crippen LogP) is 2.11. The molecule has 0 bridgehead atoms. The SMILES string of the molecule is O=C1CC(CCl)CN1c1cccc(CN2CCOCC2)c1. The Labute approximate surface area is 130 Å². The van der Waals surface area contributed by atoms with Crippen molar-refractivity contribution in [3.63, 3.8) is 0 Å². The topological polar surface area (TPSA) is 32.8 Å². The lowest BCUT2D eigenvalue weighted by Crippen LogP contribution is -2.35. The minimum atomic E-state index is 0.184. The molecular formula is C16H21ClN2O2. The second kappa shape index (κ2) is 6.77. The molecular weight excluding hydrogens is 288 g/mol. The van der Waals surface area contributed by atoms with Crippen LogP contribution >= 0.6 is 11.6 Å². The highest BCUT2D eigenvalue weighted by Crippen LogP contribution is 2.26. The summed E-state index contributed by atoms with van der Waals surface area (Å²) in [4.78, 5) is 16.3. The highest BCUT2D eigenvalue weighted by Gasteiger charge is 2.30. The molecule has 1 amide bonds. The van der Waals surface area contributed by atoms with Gasteiger partial charge in [0.05, 0.1) is 13.2 Å². The maximum atomic E-state index is 12.1. The molecule has 0 N–H and O–H groups in total. The highest BCUT2D eigenvalue weighted by molar-refractivity contribution is 6.18. The van der Waals surface area contributed by atoms with Crippen molar-refractivity contribution >= 4 is 23.2 Å². The highest BCUT2D eigenvalue weighted by atomic mass is 35.5. The zero-order chi connectivity index (χ0) is 14.7. The van der Waals surface area contributed by atoms with Crippen LogP contribution in [-0.2, 0) is 16.1 Å². The smallest absolute Gasteiger partial charge is 0.227 e. The fraction of sp³-hybridized carbons (Fsp3) is 0.562. The fourth-order valence-corrected chi connectivity index (χ4v) is 3.18. The number of hydrogen-bond acceptors (Lipinski definition) is 3. The van der Waals surface area contributed by atoms with E-state index < -0.39 is 0 Å². The van der Waals surface area contributed by atoms with Gasteiger partial charge in [0.2, 0.25) is 5.91 Å². The number of rotatable bonds is 4. The van der Waals surface area contributed by atoms with Crippen LogP contribution in [0.4, 0.5) is 5.69 Å². The van der Waals surface area contributed by atoms with Gasteiger partial charge in [0.1, 0.15) is 0 Å². The molecule has 0 aromatic heterocycles. The number of nitrogens with zero attached hydrogens (tertiary/aromatic N) is 2. The van der Waals surface area contributed by atoms with E-state index in [0.717, 1.165) is 45.1 Å². The van der Waals surface area contributed by atoms with E-state index in [1.54, 1.807) is 0 Å². The molecule has 21 heavy (non-hydrogen) atoms. The molecule has 1 aromatic carbocycles. The van der Waals surface area contributed by atoms with Crippen LogP contribution in [0.2, 0.25) is 0 Å². The average molecular weight is 309 g/mol. The molecule has 0 saturated carbocycles. The molecule has 2 aliphatic heterocycles. The summed E-state index contributed by atoms with van der Waals surface area (Å²) in [6.07, 6.45) is 0.567. The summed E-state index contributed by atoms with van der Waals surface area (Å²) >= 11 is 5.89. The van der Waals surface area contributed by atoms with E-state index in [-0.39, 0.29) is 11.8 Å². The molecule has 3 rings (SSSR count). The summed E-state index contributed by atoms with van der Waals surface area (Å²) < 4.78 is 5.37. The molecule has 5 heteroatoms. The molecule has 2 saturated heterocycles. The summed E-state index contributed by atoms with van der Waals surface area (Å²) in [5.41, 5.74) is 2.25. The summed E-state index contributed by atoms with van der Waals surface area (Å²) in [5, 5.41) is 0. The number of carbonyl (C=O) groups is 1.